The quantitative estimate of drug-likeness (QED) is 0.571. The molecular formula is C24H40O5. The van der Waals surface area contributed by atoms with E-state index in [-0.39, 0.29) is 47.4 Å². The van der Waals surface area contributed by atoms with Gasteiger partial charge in [0.2, 0.25) is 0 Å². The van der Waals surface area contributed by atoms with Crippen molar-refractivity contribution in [3.05, 3.63) is 0 Å². The van der Waals surface area contributed by atoms with Crippen LogP contribution in [0.4, 0.5) is 0 Å². The second kappa shape index (κ2) is 7.49. The molecule has 5 heteroatoms. The van der Waals surface area contributed by atoms with Gasteiger partial charge in [-0.15, -0.1) is 0 Å². The molecule has 0 radical (unpaired) electrons. The molecule has 0 aromatic carbocycles. The lowest BCUT2D eigenvalue weighted by Crippen LogP contribution is -2.61. The van der Waals surface area contributed by atoms with Crippen LogP contribution in [-0.2, 0) is 4.79 Å². The lowest BCUT2D eigenvalue weighted by atomic mass is 9.43. The number of aliphatic hydroxyl groups is 3. The molecule has 4 rings (SSSR count). The molecule has 4 aliphatic carbocycles. The summed E-state index contributed by atoms with van der Waals surface area (Å²) < 4.78 is 0. The van der Waals surface area contributed by atoms with Gasteiger partial charge in [0.1, 0.15) is 0 Å². The zero-order valence-electron chi connectivity index (χ0n) is 18.3. The first-order valence-electron chi connectivity index (χ1n) is 11.8. The third-order valence-corrected chi connectivity index (χ3v) is 10.3. The molecule has 166 valence electrons. The summed E-state index contributed by atoms with van der Waals surface area (Å²) in [6.07, 6.45) is 5.97. The van der Waals surface area contributed by atoms with Crippen LogP contribution in [0.3, 0.4) is 0 Å². The van der Waals surface area contributed by atoms with Crippen molar-refractivity contribution in [3.8, 4) is 0 Å². The molecule has 0 unspecified atom stereocenters. The van der Waals surface area contributed by atoms with E-state index in [0.717, 1.165) is 38.5 Å². The molecule has 0 aliphatic heterocycles. The molecule has 4 fully saturated rings. The van der Waals surface area contributed by atoms with Crippen molar-refractivity contribution in [1.29, 1.82) is 0 Å². The number of hydrogen-bond donors (Lipinski definition) is 4. The van der Waals surface area contributed by atoms with Gasteiger partial charge in [-0.3, -0.25) is 4.79 Å². The average molecular weight is 409 g/mol. The zero-order chi connectivity index (χ0) is 21.1. The molecular weight excluding hydrogens is 368 g/mol. The summed E-state index contributed by atoms with van der Waals surface area (Å²) >= 11 is 0. The molecule has 0 spiro atoms. The molecule has 0 bridgehead atoms. The Hall–Kier alpha value is -0.650. The van der Waals surface area contributed by atoms with Crippen LogP contribution in [0.5, 0.6) is 0 Å². The maximum atomic E-state index is 11.5. The Morgan fingerprint density at radius 1 is 1.00 bits per heavy atom. The SMILES string of the molecule is C[C@H](CCC(=O)O)[C@H]1CC[C@H]2[C@@H]3C[C@H](O)[C@@H]4C[C@H](O)CC[C@]4(C)[C@H]3C[C@H](O)[C@]12C. The fourth-order valence-corrected chi connectivity index (χ4v) is 8.76. The second-order valence-electron chi connectivity index (χ2n) is 11.4. The standard InChI is InChI=1S/C24H40O5/c1-13(4-7-22(28)29)16-5-6-17-15-11-20(26)19-10-14(25)8-9-23(19,2)18(15)12-21(27)24(16,17)3/h13-21,25-27H,4-12H2,1-3H3,(H,28,29)/t13-,14-,15+,16-,17+,18+,19+,20+,21+,23-,24-/m1/s1. The van der Waals surface area contributed by atoms with Gasteiger partial charge in [0.15, 0.2) is 0 Å². The number of hydrogen-bond acceptors (Lipinski definition) is 4. The Morgan fingerprint density at radius 3 is 2.41 bits per heavy atom. The highest BCUT2D eigenvalue weighted by atomic mass is 16.4. The van der Waals surface area contributed by atoms with E-state index in [4.69, 9.17) is 5.11 Å². The maximum Gasteiger partial charge on any atom is 0.303 e. The van der Waals surface area contributed by atoms with Crippen molar-refractivity contribution in [3.63, 3.8) is 0 Å². The summed E-state index contributed by atoms with van der Waals surface area (Å²) in [5.41, 5.74) is -0.187. The summed E-state index contributed by atoms with van der Waals surface area (Å²) in [5.74, 6) is 1.25. The van der Waals surface area contributed by atoms with Crippen LogP contribution in [0, 0.1) is 46.3 Å². The van der Waals surface area contributed by atoms with Crippen LogP contribution < -0.4 is 0 Å². The molecule has 0 aromatic rings. The van der Waals surface area contributed by atoms with E-state index in [1.165, 1.54) is 0 Å². The minimum atomic E-state index is -0.741. The van der Waals surface area contributed by atoms with Crippen LogP contribution in [0.1, 0.15) is 78.6 Å². The van der Waals surface area contributed by atoms with Crippen LogP contribution >= 0.6 is 0 Å². The van der Waals surface area contributed by atoms with Gasteiger partial charge in [0.25, 0.3) is 0 Å². The maximum absolute atomic E-state index is 11.5. The van der Waals surface area contributed by atoms with Crippen molar-refractivity contribution < 1.29 is 25.2 Å². The van der Waals surface area contributed by atoms with Gasteiger partial charge in [-0.1, -0.05) is 20.8 Å². The number of aliphatic hydroxyl groups excluding tert-OH is 3. The Balaban J connectivity index is 1.60. The minimum Gasteiger partial charge on any atom is -0.481 e. The molecule has 4 aliphatic rings. The number of rotatable bonds is 4. The Kier molecular flexibility index (Phi) is 5.57. The van der Waals surface area contributed by atoms with Gasteiger partial charge in [-0.2, -0.15) is 0 Å². The fourth-order valence-electron chi connectivity index (χ4n) is 8.76. The minimum absolute atomic E-state index is 0.00309. The third kappa shape index (κ3) is 3.27. The summed E-state index contributed by atoms with van der Waals surface area (Å²) in [4.78, 5) is 11.1. The number of carboxylic acid groups (broad SMARTS) is 1. The summed E-state index contributed by atoms with van der Waals surface area (Å²) in [6, 6.07) is 0. The van der Waals surface area contributed by atoms with Crippen molar-refractivity contribution >= 4 is 5.97 Å². The largest absolute Gasteiger partial charge is 0.481 e. The Morgan fingerprint density at radius 2 is 1.72 bits per heavy atom. The van der Waals surface area contributed by atoms with Crippen LogP contribution in [0.2, 0.25) is 0 Å². The monoisotopic (exact) mass is 408 g/mol. The highest BCUT2D eigenvalue weighted by molar-refractivity contribution is 5.66. The van der Waals surface area contributed by atoms with Gasteiger partial charge in [0.05, 0.1) is 18.3 Å². The second-order valence-corrected chi connectivity index (χ2v) is 11.4. The van der Waals surface area contributed by atoms with Crippen molar-refractivity contribution in [2.45, 2.75) is 96.9 Å². The highest BCUT2D eigenvalue weighted by Crippen LogP contribution is 2.68. The van der Waals surface area contributed by atoms with Crippen molar-refractivity contribution in [2.24, 2.45) is 46.3 Å². The van der Waals surface area contributed by atoms with Crippen LogP contribution in [0.15, 0.2) is 0 Å². The number of aliphatic carboxylic acids is 1. The van der Waals surface area contributed by atoms with E-state index in [0.29, 0.717) is 36.5 Å². The lowest BCUT2D eigenvalue weighted by Gasteiger charge is -2.63. The summed E-state index contributed by atoms with van der Waals surface area (Å²) in [5, 5.41) is 41.8. The van der Waals surface area contributed by atoms with E-state index in [1.54, 1.807) is 0 Å². The van der Waals surface area contributed by atoms with E-state index >= 15 is 0 Å². The fraction of sp³-hybridized carbons (Fsp3) is 0.958. The van der Waals surface area contributed by atoms with E-state index < -0.39 is 5.97 Å². The molecule has 4 saturated carbocycles. The molecule has 0 saturated heterocycles. The average Bonchev–Trinajstić information content (AvgIpc) is 3.02. The first-order valence-corrected chi connectivity index (χ1v) is 11.8. The molecule has 29 heavy (non-hydrogen) atoms. The molecule has 0 amide bonds. The molecule has 5 nitrogen and oxygen atoms in total. The molecule has 11 atom stereocenters. The number of carbonyl (C=O) groups is 1. The molecule has 4 N–H and O–H groups in total. The molecule has 0 heterocycles. The topological polar surface area (TPSA) is 98.0 Å². The van der Waals surface area contributed by atoms with E-state index in [1.807, 2.05) is 0 Å². The Labute approximate surface area is 174 Å². The third-order valence-electron chi connectivity index (χ3n) is 10.3. The first kappa shape index (κ1) is 21.6. The number of fused-ring (bicyclic) bond motifs is 5. The van der Waals surface area contributed by atoms with Gasteiger partial charge in [-0.25, -0.2) is 0 Å². The smallest absolute Gasteiger partial charge is 0.303 e. The van der Waals surface area contributed by atoms with E-state index in [2.05, 4.69) is 20.8 Å². The molecule has 0 aromatic heterocycles. The first-order chi connectivity index (χ1) is 13.6. The van der Waals surface area contributed by atoms with Crippen molar-refractivity contribution in [2.75, 3.05) is 0 Å². The summed E-state index contributed by atoms with van der Waals surface area (Å²) in [7, 11) is 0. The van der Waals surface area contributed by atoms with Gasteiger partial charge < -0.3 is 20.4 Å². The van der Waals surface area contributed by atoms with Crippen molar-refractivity contribution in [1.82, 2.24) is 0 Å². The van der Waals surface area contributed by atoms with Crippen LogP contribution in [-0.4, -0.2) is 44.7 Å². The summed E-state index contributed by atoms with van der Waals surface area (Å²) in [6.45, 7) is 6.72. The van der Waals surface area contributed by atoms with Gasteiger partial charge in [-0.05, 0) is 97.7 Å². The predicted octanol–water partition coefficient (Wildman–Crippen LogP) is 3.45. The van der Waals surface area contributed by atoms with Crippen LogP contribution in [0.25, 0.3) is 0 Å². The zero-order valence-corrected chi connectivity index (χ0v) is 18.3. The predicted molar refractivity (Wildman–Crippen MR) is 110 cm³/mol. The van der Waals surface area contributed by atoms with Gasteiger partial charge >= 0.3 is 5.97 Å². The number of carboxylic acids is 1. The highest BCUT2D eigenvalue weighted by Gasteiger charge is 2.65. The lowest BCUT2D eigenvalue weighted by molar-refractivity contribution is -0.202. The van der Waals surface area contributed by atoms with Gasteiger partial charge in [0, 0.05) is 6.42 Å². The normalized spacial score (nSPS) is 52.9. The Bertz CT molecular complexity index is 637. The van der Waals surface area contributed by atoms with E-state index in [9.17, 15) is 20.1 Å².